The van der Waals surface area contributed by atoms with Crippen molar-refractivity contribution in [1.82, 2.24) is 5.32 Å². The number of amides is 1. The van der Waals surface area contributed by atoms with Crippen LogP contribution in [-0.4, -0.2) is 73.4 Å². The molecule has 3 unspecified atom stereocenters. The molecule has 9 heteroatoms. The number of aliphatic hydroxyl groups is 1. The maximum absolute atomic E-state index is 12.7. The minimum atomic E-state index is -4.29. The zero-order valence-corrected chi connectivity index (χ0v) is 37.8. The Hall–Kier alpha value is -1.80. The van der Waals surface area contributed by atoms with E-state index in [1.54, 1.807) is 0 Å². The molecule has 0 saturated heterocycles. The van der Waals surface area contributed by atoms with Gasteiger partial charge in [-0.2, -0.15) is 0 Å². The second-order valence-electron chi connectivity index (χ2n) is 16.4. The largest absolute Gasteiger partial charge is 0.472 e. The summed E-state index contributed by atoms with van der Waals surface area (Å²) >= 11 is 0. The average Bonchev–Trinajstić information content (AvgIpc) is 3.15. The van der Waals surface area contributed by atoms with Crippen LogP contribution >= 0.6 is 7.82 Å². The van der Waals surface area contributed by atoms with Gasteiger partial charge in [0.1, 0.15) is 13.2 Å². The summed E-state index contributed by atoms with van der Waals surface area (Å²) in [5, 5.41) is 13.6. The van der Waals surface area contributed by atoms with Crippen molar-refractivity contribution in [3.8, 4) is 0 Å². The highest BCUT2D eigenvalue weighted by Crippen LogP contribution is 2.43. The lowest BCUT2D eigenvalue weighted by Crippen LogP contribution is -2.46. The van der Waals surface area contributed by atoms with E-state index in [2.05, 4.69) is 79.9 Å². The van der Waals surface area contributed by atoms with Crippen molar-refractivity contribution < 1.29 is 32.9 Å². The summed E-state index contributed by atoms with van der Waals surface area (Å²) < 4.78 is 23.3. The highest BCUT2D eigenvalue weighted by Gasteiger charge is 2.28. The molecule has 0 aliphatic heterocycles. The fourth-order valence-corrected chi connectivity index (χ4v) is 6.92. The second kappa shape index (κ2) is 38.7. The zero-order valence-electron chi connectivity index (χ0n) is 36.9. The molecule has 326 valence electrons. The van der Waals surface area contributed by atoms with Crippen molar-refractivity contribution in [3.63, 3.8) is 0 Å². The molecule has 0 rings (SSSR count). The first-order chi connectivity index (χ1) is 27.0. The molecule has 0 saturated carbocycles. The van der Waals surface area contributed by atoms with Gasteiger partial charge in [0.05, 0.1) is 39.9 Å². The number of rotatable bonds is 40. The number of aliphatic hydroxyl groups excluding tert-OH is 1. The number of hydrogen-bond donors (Lipinski definition) is 3. The van der Waals surface area contributed by atoms with E-state index in [0.717, 1.165) is 70.6 Å². The normalized spacial score (nSPS) is 14.9. The van der Waals surface area contributed by atoms with Gasteiger partial charge in [-0.25, -0.2) is 4.57 Å². The topological polar surface area (TPSA) is 105 Å². The van der Waals surface area contributed by atoms with Crippen LogP contribution in [0.1, 0.15) is 181 Å². The van der Waals surface area contributed by atoms with Crippen molar-refractivity contribution in [3.05, 3.63) is 60.8 Å². The van der Waals surface area contributed by atoms with Gasteiger partial charge >= 0.3 is 7.82 Å². The Kier molecular flexibility index (Phi) is 37.5. The molecule has 1 amide bonds. The van der Waals surface area contributed by atoms with E-state index >= 15 is 0 Å². The number of likely N-dealkylation sites (N-methyl/N-ethyl adjacent to an activating group) is 1. The maximum Gasteiger partial charge on any atom is 0.472 e. The average molecular weight is 808 g/mol. The monoisotopic (exact) mass is 808 g/mol. The van der Waals surface area contributed by atoms with Crippen molar-refractivity contribution in [2.24, 2.45) is 0 Å². The van der Waals surface area contributed by atoms with Crippen LogP contribution in [0.25, 0.3) is 0 Å². The molecule has 0 aliphatic carbocycles. The van der Waals surface area contributed by atoms with Crippen LogP contribution in [0.15, 0.2) is 60.8 Å². The summed E-state index contributed by atoms with van der Waals surface area (Å²) in [4.78, 5) is 22.8. The molecule has 0 bridgehead atoms. The van der Waals surface area contributed by atoms with Crippen molar-refractivity contribution in [2.75, 3.05) is 40.9 Å². The SMILES string of the molecule is CC/C=C\C/C=C\C/C=C\C/C=C\C/C=C\CCCCCCCCCCCCCCCCCC(=O)NC(COP(=O)(O)OCC[N+](C)(C)C)C(O)CCCCC. The third-order valence-electron chi connectivity index (χ3n) is 9.78. The van der Waals surface area contributed by atoms with Crippen molar-refractivity contribution >= 4 is 13.7 Å². The van der Waals surface area contributed by atoms with E-state index in [4.69, 9.17) is 9.05 Å². The molecule has 0 radical (unpaired) electrons. The summed E-state index contributed by atoms with van der Waals surface area (Å²) in [6.45, 7) is 4.59. The highest BCUT2D eigenvalue weighted by molar-refractivity contribution is 7.47. The Morgan fingerprint density at radius 2 is 1.07 bits per heavy atom. The Morgan fingerprint density at radius 3 is 1.54 bits per heavy atom. The van der Waals surface area contributed by atoms with Gasteiger partial charge in [-0.1, -0.05) is 177 Å². The van der Waals surface area contributed by atoms with Crippen LogP contribution in [0.2, 0.25) is 0 Å². The van der Waals surface area contributed by atoms with E-state index in [1.807, 2.05) is 21.1 Å². The molecular formula is C47H88N2O6P+. The summed E-state index contributed by atoms with van der Waals surface area (Å²) in [7, 11) is 1.60. The van der Waals surface area contributed by atoms with E-state index in [9.17, 15) is 19.4 Å². The Labute approximate surface area is 345 Å². The van der Waals surface area contributed by atoms with Crippen molar-refractivity contribution in [1.29, 1.82) is 0 Å². The van der Waals surface area contributed by atoms with E-state index < -0.39 is 20.0 Å². The number of hydrogen-bond acceptors (Lipinski definition) is 5. The fraction of sp³-hybridized carbons (Fsp3) is 0.766. The van der Waals surface area contributed by atoms with Gasteiger partial charge in [0, 0.05) is 6.42 Å². The molecule has 0 aliphatic rings. The summed E-state index contributed by atoms with van der Waals surface area (Å²) in [5.41, 5.74) is 0. The summed E-state index contributed by atoms with van der Waals surface area (Å²) in [6.07, 6.45) is 50.6. The quantitative estimate of drug-likeness (QED) is 0.0246. The third-order valence-corrected chi connectivity index (χ3v) is 10.8. The lowest BCUT2D eigenvalue weighted by molar-refractivity contribution is -0.870. The van der Waals surface area contributed by atoms with Crippen LogP contribution < -0.4 is 5.32 Å². The highest BCUT2D eigenvalue weighted by atomic mass is 31.2. The number of allylic oxidation sites excluding steroid dienone is 10. The smallest absolute Gasteiger partial charge is 0.391 e. The number of nitrogens with zero attached hydrogens (tertiary/aromatic N) is 1. The van der Waals surface area contributed by atoms with E-state index in [1.165, 1.54) is 83.5 Å². The van der Waals surface area contributed by atoms with Crippen LogP contribution in [-0.2, 0) is 18.4 Å². The first kappa shape index (κ1) is 54.2. The second-order valence-corrected chi connectivity index (χ2v) is 17.9. The number of carbonyl (C=O) groups excluding carboxylic acids is 1. The molecule has 8 nitrogen and oxygen atoms in total. The van der Waals surface area contributed by atoms with E-state index in [0.29, 0.717) is 23.9 Å². The maximum atomic E-state index is 12.7. The lowest BCUT2D eigenvalue weighted by Gasteiger charge is -2.26. The van der Waals surface area contributed by atoms with Crippen LogP contribution in [0, 0.1) is 0 Å². The third kappa shape index (κ3) is 40.4. The Bertz CT molecular complexity index is 1100. The van der Waals surface area contributed by atoms with Crippen molar-refractivity contribution in [2.45, 2.75) is 193 Å². The predicted octanol–water partition coefficient (Wildman–Crippen LogP) is 12.6. The number of unbranched alkanes of at least 4 members (excludes halogenated alkanes) is 17. The Balaban J connectivity index is 3.81. The number of carbonyl (C=O) groups is 1. The Morgan fingerprint density at radius 1 is 0.625 bits per heavy atom. The molecular weight excluding hydrogens is 719 g/mol. The first-order valence-electron chi connectivity index (χ1n) is 22.7. The van der Waals surface area contributed by atoms with Gasteiger partial charge < -0.3 is 19.8 Å². The van der Waals surface area contributed by atoms with Gasteiger partial charge in [0.25, 0.3) is 0 Å². The minimum absolute atomic E-state index is 0.0715. The summed E-state index contributed by atoms with van der Waals surface area (Å²) in [6, 6.07) is -0.757. The van der Waals surface area contributed by atoms with Gasteiger partial charge in [0.15, 0.2) is 0 Å². The molecule has 0 aromatic carbocycles. The van der Waals surface area contributed by atoms with Gasteiger partial charge in [-0.05, 0) is 57.8 Å². The summed E-state index contributed by atoms with van der Waals surface area (Å²) in [5.74, 6) is -0.159. The molecule has 56 heavy (non-hydrogen) atoms. The van der Waals surface area contributed by atoms with Gasteiger partial charge in [-0.15, -0.1) is 0 Å². The standard InChI is InChI=1S/C47H87N2O6P/c1-6-8-10-11-12-13-14-15-16-17-18-19-20-21-22-23-24-25-26-27-28-29-30-31-32-33-34-35-36-37-39-41-47(51)48-45(46(50)40-38-9-7-2)44-55-56(52,53)54-43-42-49(3,4)5/h8,10,12-13,15-16,18-19,21-22,45-46,50H,6-7,9,11,14,17,20,23-44H2,1-5H3,(H-,48,51,52,53)/p+1/b10-8-,13-12-,16-15-,19-18-,22-21-. The number of phosphoric ester groups is 1. The number of quaternary nitrogens is 1. The molecule has 0 heterocycles. The number of nitrogens with one attached hydrogen (secondary N) is 1. The van der Waals surface area contributed by atoms with Gasteiger partial charge in [-0.3, -0.25) is 13.8 Å². The molecule has 0 aromatic heterocycles. The predicted molar refractivity (Wildman–Crippen MR) is 240 cm³/mol. The van der Waals surface area contributed by atoms with E-state index in [-0.39, 0.29) is 19.1 Å². The molecule has 0 fully saturated rings. The lowest BCUT2D eigenvalue weighted by atomic mass is 10.0. The van der Waals surface area contributed by atoms with Gasteiger partial charge in [0.2, 0.25) is 5.91 Å². The number of phosphoric acid groups is 1. The van der Waals surface area contributed by atoms with Crippen LogP contribution in [0.4, 0.5) is 0 Å². The molecule has 3 atom stereocenters. The van der Waals surface area contributed by atoms with Crippen LogP contribution in [0.3, 0.4) is 0 Å². The minimum Gasteiger partial charge on any atom is -0.391 e. The van der Waals surface area contributed by atoms with Crippen LogP contribution in [0.5, 0.6) is 0 Å². The fourth-order valence-electron chi connectivity index (χ4n) is 6.19. The molecule has 0 spiro atoms. The molecule has 0 aromatic rings. The zero-order chi connectivity index (χ0) is 41.4. The molecule has 3 N–H and O–H groups in total. The first-order valence-corrected chi connectivity index (χ1v) is 24.1.